The van der Waals surface area contributed by atoms with Crippen LogP contribution in [-0.4, -0.2) is 11.6 Å². The van der Waals surface area contributed by atoms with Crippen molar-refractivity contribution in [2.24, 2.45) is 46.3 Å². The monoisotopic (exact) mass is 524 g/mol. The Hall–Kier alpha value is -3.00. The maximum Gasteiger partial charge on any atom is 0.190 e. The third-order valence-corrected chi connectivity index (χ3v) is 13.3. The van der Waals surface area contributed by atoms with Crippen LogP contribution in [0, 0.1) is 46.3 Å². The third-order valence-electron chi connectivity index (χ3n) is 13.3. The van der Waals surface area contributed by atoms with E-state index in [4.69, 9.17) is 0 Å². The Balaban J connectivity index is 1.22. The molecule has 40 heavy (non-hydrogen) atoms. The number of Topliss-reactive ketones (excluding diaryl/α,β-unsaturated/α-hetero) is 2. The molecule has 12 rings (SSSR count). The van der Waals surface area contributed by atoms with E-state index in [1.165, 1.54) is 75.4 Å². The van der Waals surface area contributed by atoms with Gasteiger partial charge in [0.25, 0.3) is 0 Å². The predicted molar refractivity (Wildman–Crippen MR) is 157 cm³/mol. The predicted octanol–water partition coefficient (Wildman–Crippen LogP) is 8.50. The van der Waals surface area contributed by atoms with E-state index in [1.54, 1.807) is 0 Å². The van der Waals surface area contributed by atoms with Crippen molar-refractivity contribution in [3.05, 3.63) is 94.1 Å². The first kappa shape index (κ1) is 22.7. The average molecular weight is 525 g/mol. The zero-order chi connectivity index (χ0) is 26.4. The SMILES string of the molecule is O=C1C(C23CC4CC(C2)C(C4)C3)=C/C(=C2/C=C(C34CC5CC(C3)C(C5)C4)C(=O)c3ccccc32)c2ccccc21. The van der Waals surface area contributed by atoms with E-state index in [0.29, 0.717) is 0 Å². The van der Waals surface area contributed by atoms with Crippen molar-refractivity contribution in [3.8, 4) is 0 Å². The standard InChI is InChI=1S/C38H36O2/c39-35-29-7-3-1-5-27(29)31(13-33(35)37-15-21-9-23(17-37)24(10-21)18-37)32-14-34(36(40)30-8-4-2-6-28(30)32)38-16-22-11-25(19-38)26(12-22)20-38/h1-8,13-14,21-26H,9-12,15-20H2/b32-31+. The third kappa shape index (κ3) is 2.76. The number of carbonyl (C=O) groups is 2. The summed E-state index contributed by atoms with van der Waals surface area (Å²) in [6.07, 6.45) is 17.3. The van der Waals surface area contributed by atoms with Crippen LogP contribution < -0.4 is 0 Å². The fourth-order valence-electron chi connectivity index (χ4n) is 12.2. The van der Waals surface area contributed by atoms with Crippen molar-refractivity contribution in [1.82, 2.24) is 0 Å². The Kier molecular flexibility index (Phi) is 4.21. The second-order valence-electron chi connectivity index (χ2n) is 15.2. The van der Waals surface area contributed by atoms with Gasteiger partial charge in [0.05, 0.1) is 0 Å². The van der Waals surface area contributed by atoms with Gasteiger partial charge in [-0.05, 0) is 134 Å². The molecule has 0 N–H and O–H groups in total. The van der Waals surface area contributed by atoms with Crippen LogP contribution in [-0.2, 0) is 0 Å². The largest absolute Gasteiger partial charge is 0.289 e. The van der Waals surface area contributed by atoms with E-state index in [1.807, 2.05) is 12.1 Å². The molecule has 8 fully saturated rings. The second kappa shape index (κ2) is 7.44. The van der Waals surface area contributed by atoms with Crippen LogP contribution in [0.1, 0.15) is 96.1 Å². The molecule has 8 bridgehead atoms. The van der Waals surface area contributed by atoms with Crippen LogP contribution in [0.25, 0.3) is 11.1 Å². The molecule has 0 heterocycles. The van der Waals surface area contributed by atoms with Gasteiger partial charge in [0.1, 0.15) is 0 Å². The van der Waals surface area contributed by atoms with E-state index < -0.39 is 0 Å². The van der Waals surface area contributed by atoms with Crippen molar-refractivity contribution in [3.63, 3.8) is 0 Å². The van der Waals surface area contributed by atoms with Gasteiger partial charge in [-0.2, -0.15) is 0 Å². The molecule has 2 aromatic rings. The molecule has 0 saturated heterocycles. The maximum absolute atomic E-state index is 14.2. The Bertz CT molecular complexity index is 1490. The molecule has 0 amide bonds. The Morgan fingerprint density at radius 2 is 0.825 bits per heavy atom. The lowest BCUT2D eigenvalue weighted by Gasteiger charge is -2.42. The minimum Gasteiger partial charge on any atom is -0.289 e. The second-order valence-corrected chi connectivity index (χ2v) is 15.2. The lowest BCUT2D eigenvalue weighted by atomic mass is 9.61. The molecule has 10 aliphatic carbocycles. The average Bonchev–Trinajstić information content (AvgIpc) is 3.59. The highest BCUT2D eigenvalue weighted by Crippen LogP contribution is 2.69. The summed E-state index contributed by atoms with van der Waals surface area (Å²) in [5.74, 6) is 5.36. The van der Waals surface area contributed by atoms with Crippen LogP contribution in [0.2, 0.25) is 0 Å². The molecular weight excluding hydrogens is 488 g/mol. The summed E-state index contributed by atoms with van der Waals surface area (Å²) in [4.78, 5) is 28.5. The lowest BCUT2D eigenvalue weighted by molar-refractivity contribution is 0.0951. The summed E-state index contributed by atoms with van der Waals surface area (Å²) < 4.78 is 0. The van der Waals surface area contributed by atoms with Gasteiger partial charge in [-0.25, -0.2) is 0 Å². The van der Waals surface area contributed by atoms with Crippen molar-refractivity contribution in [2.75, 3.05) is 0 Å². The van der Waals surface area contributed by atoms with Crippen LogP contribution in [0.3, 0.4) is 0 Å². The van der Waals surface area contributed by atoms with Gasteiger partial charge in [-0.3, -0.25) is 9.59 Å². The first-order valence-corrected chi connectivity index (χ1v) is 16.0. The zero-order valence-corrected chi connectivity index (χ0v) is 23.1. The van der Waals surface area contributed by atoms with E-state index in [-0.39, 0.29) is 22.4 Å². The van der Waals surface area contributed by atoms with Crippen molar-refractivity contribution in [2.45, 2.75) is 64.2 Å². The normalized spacial score (nSPS) is 43.3. The quantitative estimate of drug-likeness (QED) is 0.395. The number of hydrogen-bond acceptors (Lipinski definition) is 2. The zero-order valence-electron chi connectivity index (χ0n) is 23.1. The molecule has 0 radical (unpaired) electrons. The highest BCUT2D eigenvalue weighted by atomic mass is 16.1. The summed E-state index contributed by atoms with van der Waals surface area (Å²) in [5, 5.41) is 0. The minimum atomic E-state index is 0.0471. The summed E-state index contributed by atoms with van der Waals surface area (Å²) in [7, 11) is 0. The number of rotatable bonds is 2. The molecule has 0 aliphatic heterocycles. The van der Waals surface area contributed by atoms with Gasteiger partial charge >= 0.3 is 0 Å². The Labute approximate surface area is 236 Å². The van der Waals surface area contributed by atoms with E-state index in [2.05, 4.69) is 48.6 Å². The number of fused-ring (bicyclic) bond motifs is 2. The molecule has 2 heteroatoms. The lowest BCUT2D eigenvalue weighted by Crippen LogP contribution is -2.35. The fraction of sp³-hybridized carbons (Fsp3) is 0.474. The summed E-state index contributed by atoms with van der Waals surface area (Å²) >= 11 is 0. The fourth-order valence-corrected chi connectivity index (χ4v) is 12.2. The number of allylic oxidation sites excluding steroid dienone is 6. The van der Waals surface area contributed by atoms with E-state index in [9.17, 15) is 9.59 Å². The van der Waals surface area contributed by atoms with Crippen molar-refractivity contribution >= 4 is 22.7 Å². The molecular formula is C38H36O2. The maximum atomic E-state index is 14.2. The van der Waals surface area contributed by atoms with Crippen molar-refractivity contribution in [1.29, 1.82) is 0 Å². The molecule has 2 nitrogen and oxygen atoms in total. The van der Waals surface area contributed by atoms with Gasteiger partial charge < -0.3 is 0 Å². The van der Waals surface area contributed by atoms with Crippen LogP contribution in [0.5, 0.6) is 0 Å². The molecule has 0 spiro atoms. The number of hydrogen-bond donors (Lipinski definition) is 0. The van der Waals surface area contributed by atoms with Gasteiger partial charge in [-0.15, -0.1) is 0 Å². The van der Waals surface area contributed by atoms with Gasteiger partial charge in [0.2, 0.25) is 0 Å². The summed E-state index contributed by atoms with van der Waals surface area (Å²) in [5.41, 5.74) is 8.41. The summed E-state index contributed by atoms with van der Waals surface area (Å²) in [6.45, 7) is 0. The number of carbonyl (C=O) groups excluding carboxylic acids is 2. The first-order valence-electron chi connectivity index (χ1n) is 16.0. The van der Waals surface area contributed by atoms with Gasteiger partial charge in [0, 0.05) is 33.1 Å². The van der Waals surface area contributed by atoms with Gasteiger partial charge in [-0.1, -0.05) is 48.5 Å². The topological polar surface area (TPSA) is 34.1 Å². The molecule has 10 aliphatic rings. The Morgan fingerprint density at radius 1 is 0.475 bits per heavy atom. The number of ketones is 2. The van der Waals surface area contributed by atoms with Crippen molar-refractivity contribution < 1.29 is 9.59 Å². The smallest absolute Gasteiger partial charge is 0.190 e. The van der Waals surface area contributed by atoms with Crippen LogP contribution in [0.15, 0.2) is 71.8 Å². The van der Waals surface area contributed by atoms with E-state index >= 15 is 0 Å². The first-order chi connectivity index (χ1) is 19.5. The molecule has 0 aromatic heterocycles. The van der Waals surface area contributed by atoms with E-state index in [0.717, 1.165) is 68.9 Å². The number of benzene rings is 2. The molecule has 200 valence electrons. The van der Waals surface area contributed by atoms with Gasteiger partial charge in [0.15, 0.2) is 11.6 Å². The highest BCUT2D eigenvalue weighted by Gasteiger charge is 2.60. The summed E-state index contributed by atoms with van der Waals surface area (Å²) in [6, 6.07) is 16.6. The molecule has 2 aromatic carbocycles. The van der Waals surface area contributed by atoms with Crippen LogP contribution >= 0.6 is 0 Å². The molecule has 4 unspecified atom stereocenters. The van der Waals surface area contributed by atoms with Crippen LogP contribution in [0.4, 0.5) is 0 Å². The minimum absolute atomic E-state index is 0.0471. The Morgan fingerprint density at radius 3 is 1.18 bits per heavy atom. The molecule has 8 saturated carbocycles. The highest BCUT2D eigenvalue weighted by molar-refractivity contribution is 6.24. The molecule has 4 atom stereocenters.